The highest BCUT2D eigenvalue weighted by Crippen LogP contribution is 2.30. The SMILES string of the molecule is N#Cc1cc(C=CC(N)=O)cc(C(F)(F)F)c1. The molecular formula is C11H7F3N2O. The molecule has 1 aromatic carbocycles. The average molecular weight is 240 g/mol. The number of hydrogen-bond donors (Lipinski definition) is 1. The molecule has 0 radical (unpaired) electrons. The lowest BCUT2D eigenvalue weighted by Gasteiger charge is -2.07. The molecule has 0 saturated carbocycles. The number of halogens is 3. The third kappa shape index (κ3) is 3.65. The second kappa shape index (κ2) is 4.70. The minimum absolute atomic E-state index is 0.0928. The first-order valence-electron chi connectivity index (χ1n) is 4.43. The zero-order valence-corrected chi connectivity index (χ0v) is 8.45. The number of amides is 1. The van der Waals surface area contributed by atoms with Crippen molar-refractivity contribution in [1.82, 2.24) is 0 Å². The summed E-state index contributed by atoms with van der Waals surface area (Å²) >= 11 is 0. The van der Waals surface area contributed by atoms with E-state index in [1.165, 1.54) is 6.07 Å². The lowest BCUT2D eigenvalue weighted by atomic mass is 10.1. The van der Waals surface area contributed by atoms with Gasteiger partial charge in [0.15, 0.2) is 0 Å². The number of nitrogens with two attached hydrogens (primary N) is 1. The van der Waals surface area contributed by atoms with Gasteiger partial charge in [-0.15, -0.1) is 0 Å². The van der Waals surface area contributed by atoms with Crippen molar-refractivity contribution in [3.63, 3.8) is 0 Å². The Morgan fingerprint density at radius 1 is 1.35 bits per heavy atom. The van der Waals surface area contributed by atoms with E-state index >= 15 is 0 Å². The molecule has 0 aliphatic rings. The van der Waals surface area contributed by atoms with Gasteiger partial charge in [-0.05, 0) is 29.8 Å². The Morgan fingerprint density at radius 3 is 2.47 bits per heavy atom. The van der Waals surface area contributed by atoms with E-state index in [4.69, 9.17) is 11.0 Å². The molecule has 17 heavy (non-hydrogen) atoms. The Balaban J connectivity index is 3.25. The first-order valence-corrected chi connectivity index (χ1v) is 4.43. The summed E-state index contributed by atoms with van der Waals surface area (Å²) in [7, 11) is 0. The van der Waals surface area contributed by atoms with Crippen LogP contribution in [-0.4, -0.2) is 5.91 Å². The molecule has 0 spiro atoms. The van der Waals surface area contributed by atoms with Gasteiger partial charge in [0.25, 0.3) is 0 Å². The fourth-order valence-corrected chi connectivity index (χ4v) is 1.15. The number of benzene rings is 1. The lowest BCUT2D eigenvalue weighted by molar-refractivity contribution is -0.137. The number of hydrogen-bond acceptors (Lipinski definition) is 2. The largest absolute Gasteiger partial charge is 0.416 e. The minimum atomic E-state index is -4.54. The summed E-state index contributed by atoms with van der Waals surface area (Å²) in [4.78, 5) is 10.5. The zero-order valence-electron chi connectivity index (χ0n) is 8.45. The molecular weight excluding hydrogens is 233 g/mol. The van der Waals surface area contributed by atoms with Crippen LogP contribution < -0.4 is 5.73 Å². The van der Waals surface area contributed by atoms with Crippen LogP contribution in [0, 0.1) is 11.3 Å². The molecule has 6 heteroatoms. The number of nitriles is 1. The summed E-state index contributed by atoms with van der Waals surface area (Å²) < 4.78 is 37.4. The monoisotopic (exact) mass is 240 g/mol. The summed E-state index contributed by atoms with van der Waals surface area (Å²) in [5.74, 6) is -0.777. The van der Waals surface area contributed by atoms with Gasteiger partial charge in [-0.2, -0.15) is 18.4 Å². The van der Waals surface area contributed by atoms with E-state index in [1.54, 1.807) is 6.07 Å². The van der Waals surface area contributed by atoms with Crippen molar-refractivity contribution in [2.45, 2.75) is 6.18 Å². The van der Waals surface area contributed by atoms with Crippen LogP contribution in [0.15, 0.2) is 24.3 Å². The lowest BCUT2D eigenvalue weighted by Crippen LogP contribution is -2.06. The highest BCUT2D eigenvalue weighted by Gasteiger charge is 2.31. The highest BCUT2D eigenvalue weighted by atomic mass is 19.4. The van der Waals surface area contributed by atoms with Crippen molar-refractivity contribution in [2.75, 3.05) is 0 Å². The summed E-state index contributed by atoms with van der Waals surface area (Å²) in [6.07, 6.45) is -2.49. The van der Waals surface area contributed by atoms with Crippen LogP contribution >= 0.6 is 0 Å². The van der Waals surface area contributed by atoms with E-state index in [9.17, 15) is 18.0 Å². The number of carbonyl (C=O) groups excluding carboxylic acids is 1. The van der Waals surface area contributed by atoms with Crippen LogP contribution in [0.25, 0.3) is 6.08 Å². The molecule has 0 fully saturated rings. The van der Waals surface area contributed by atoms with Gasteiger partial charge in [0, 0.05) is 6.08 Å². The second-order valence-electron chi connectivity index (χ2n) is 3.19. The fraction of sp³-hybridized carbons (Fsp3) is 0.0909. The zero-order chi connectivity index (χ0) is 13.1. The number of alkyl halides is 3. The van der Waals surface area contributed by atoms with Crippen LogP contribution in [0.4, 0.5) is 13.2 Å². The van der Waals surface area contributed by atoms with E-state index in [0.717, 1.165) is 24.3 Å². The molecule has 0 heterocycles. The molecule has 0 bridgehead atoms. The maximum absolute atomic E-state index is 12.5. The van der Waals surface area contributed by atoms with Gasteiger partial charge in [0.1, 0.15) is 0 Å². The number of carbonyl (C=O) groups is 1. The minimum Gasteiger partial charge on any atom is -0.366 e. The predicted molar refractivity (Wildman–Crippen MR) is 54.4 cm³/mol. The summed E-state index contributed by atoms with van der Waals surface area (Å²) in [6, 6.07) is 4.42. The van der Waals surface area contributed by atoms with Crippen molar-refractivity contribution in [3.05, 3.63) is 41.0 Å². The average Bonchev–Trinajstić information content (AvgIpc) is 2.24. The molecule has 0 saturated heterocycles. The molecule has 88 valence electrons. The van der Waals surface area contributed by atoms with Crippen LogP contribution in [0.3, 0.4) is 0 Å². The molecule has 0 aromatic heterocycles. The van der Waals surface area contributed by atoms with Gasteiger partial charge in [0.2, 0.25) is 5.91 Å². The first-order chi connectivity index (χ1) is 7.82. The van der Waals surface area contributed by atoms with Crippen LogP contribution in [-0.2, 0) is 11.0 Å². The Labute approximate surface area is 95.0 Å². The van der Waals surface area contributed by atoms with Crippen LogP contribution in [0.1, 0.15) is 16.7 Å². The van der Waals surface area contributed by atoms with E-state index in [1.807, 2.05) is 0 Å². The Morgan fingerprint density at radius 2 is 2.00 bits per heavy atom. The standard InChI is InChI=1S/C11H7F3N2O/c12-11(13,14)9-4-7(1-2-10(16)17)3-8(5-9)6-15/h1-5H,(H2,16,17). The highest BCUT2D eigenvalue weighted by molar-refractivity contribution is 5.90. The predicted octanol–water partition coefficient (Wildman–Crippen LogP) is 2.08. The summed E-state index contributed by atoms with van der Waals surface area (Å²) in [6.45, 7) is 0. The van der Waals surface area contributed by atoms with Crippen molar-refractivity contribution < 1.29 is 18.0 Å². The van der Waals surface area contributed by atoms with Crippen molar-refractivity contribution in [1.29, 1.82) is 5.26 Å². The Hall–Kier alpha value is -2.29. The molecule has 0 aliphatic carbocycles. The number of primary amides is 1. The Kier molecular flexibility index (Phi) is 3.53. The van der Waals surface area contributed by atoms with Gasteiger partial charge in [-0.25, -0.2) is 0 Å². The van der Waals surface area contributed by atoms with Crippen LogP contribution in [0.5, 0.6) is 0 Å². The molecule has 0 aliphatic heterocycles. The van der Waals surface area contributed by atoms with Crippen molar-refractivity contribution in [2.24, 2.45) is 5.73 Å². The maximum atomic E-state index is 12.5. The first kappa shape index (κ1) is 12.8. The number of nitrogens with zero attached hydrogens (tertiary/aromatic N) is 1. The van der Waals surface area contributed by atoms with Gasteiger partial charge >= 0.3 is 6.18 Å². The van der Waals surface area contributed by atoms with Crippen LogP contribution in [0.2, 0.25) is 0 Å². The van der Waals surface area contributed by atoms with E-state index < -0.39 is 17.6 Å². The normalized spacial score (nSPS) is 11.4. The molecule has 1 amide bonds. The maximum Gasteiger partial charge on any atom is 0.416 e. The molecule has 3 nitrogen and oxygen atoms in total. The van der Waals surface area contributed by atoms with Crippen molar-refractivity contribution >= 4 is 12.0 Å². The Bertz CT molecular complexity index is 512. The van der Waals surface area contributed by atoms with Gasteiger partial charge in [0.05, 0.1) is 17.2 Å². The van der Waals surface area contributed by atoms with E-state index in [2.05, 4.69) is 0 Å². The fourth-order valence-electron chi connectivity index (χ4n) is 1.15. The molecule has 0 unspecified atom stereocenters. The third-order valence-electron chi connectivity index (χ3n) is 1.85. The molecule has 1 aromatic rings. The summed E-state index contributed by atoms with van der Waals surface area (Å²) in [5, 5.41) is 8.60. The van der Waals surface area contributed by atoms with E-state index in [0.29, 0.717) is 0 Å². The molecule has 2 N–H and O–H groups in total. The third-order valence-corrected chi connectivity index (χ3v) is 1.85. The van der Waals surface area contributed by atoms with Gasteiger partial charge in [-0.3, -0.25) is 4.79 Å². The van der Waals surface area contributed by atoms with Gasteiger partial charge in [-0.1, -0.05) is 0 Å². The van der Waals surface area contributed by atoms with Crippen molar-refractivity contribution in [3.8, 4) is 6.07 Å². The van der Waals surface area contributed by atoms with E-state index in [-0.39, 0.29) is 11.1 Å². The summed E-state index contributed by atoms with van der Waals surface area (Å²) in [5.41, 5.74) is 3.84. The topological polar surface area (TPSA) is 66.9 Å². The number of rotatable bonds is 2. The molecule has 0 atom stereocenters. The quantitative estimate of drug-likeness (QED) is 0.804. The molecule has 1 rings (SSSR count). The smallest absolute Gasteiger partial charge is 0.366 e. The second-order valence-corrected chi connectivity index (χ2v) is 3.19. The van der Waals surface area contributed by atoms with Gasteiger partial charge < -0.3 is 5.73 Å².